The smallest absolute Gasteiger partial charge is 0.242 e. The Balaban J connectivity index is 1.22. The highest BCUT2D eigenvalue weighted by Gasteiger charge is 2.36. The lowest BCUT2D eigenvalue weighted by Gasteiger charge is -2.37. The fourth-order valence-corrected chi connectivity index (χ4v) is 6.70. The summed E-state index contributed by atoms with van der Waals surface area (Å²) in [5, 5.41) is 12.1. The molecule has 0 aromatic heterocycles. The average Bonchev–Trinajstić information content (AvgIpc) is 3.47. The van der Waals surface area contributed by atoms with E-state index in [2.05, 4.69) is 38.7 Å². The molecule has 1 aromatic rings. The fourth-order valence-electron chi connectivity index (χ4n) is 4.85. The second-order valence-corrected chi connectivity index (χ2v) is 10.9. The van der Waals surface area contributed by atoms with Crippen LogP contribution in [-0.2, 0) is 4.79 Å². The van der Waals surface area contributed by atoms with E-state index in [9.17, 15) is 4.79 Å². The van der Waals surface area contributed by atoms with Gasteiger partial charge in [-0.2, -0.15) is 0 Å². The molecule has 34 heavy (non-hydrogen) atoms. The summed E-state index contributed by atoms with van der Waals surface area (Å²) in [6.45, 7) is 5.98. The summed E-state index contributed by atoms with van der Waals surface area (Å²) in [4.78, 5) is 20.8. The van der Waals surface area contributed by atoms with Crippen LogP contribution in [0, 0.1) is 0 Å². The molecule has 0 aliphatic carbocycles. The largest absolute Gasteiger partial charge is 0.386 e. The van der Waals surface area contributed by atoms with Gasteiger partial charge in [-0.15, -0.1) is 11.8 Å². The van der Waals surface area contributed by atoms with E-state index in [4.69, 9.17) is 23.2 Å². The molecule has 1 fully saturated rings. The molecule has 4 heterocycles. The van der Waals surface area contributed by atoms with E-state index in [-0.39, 0.29) is 18.6 Å². The zero-order valence-electron chi connectivity index (χ0n) is 19.2. The minimum atomic E-state index is 0.103. The summed E-state index contributed by atoms with van der Waals surface area (Å²) in [7, 11) is 0. The lowest BCUT2D eigenvalue weighted by Crippen LogP contribution is -2.51. The molecule has 3 N–H and O–H groups in total. The monoisotopic (exact) mass is 520 g/mol. The molecule has 2 atom stereocenters. The molecule has 0 saturated carbocycles. The molecule has 182 valence electrons. The summed E-state index contributed by atoms with van der Waals surface area (Å²) in [5.74, 6) is 1.12. The number of amides is 1. The van der Waals surface area contributed by atoms with Crippen LogP contribution in [0.3, 0.4) is 0 Å². The van der Waals surface area contributed by atoms with Crippen LogP contribution in [0.4, 0.5) is 5.69 Å². The van der Waals surface area contributed by atoms with E-state index in [0.717, 1.165) is 30.9 Å². The first-order chi connectivity index (χ1) is 16.5. The van der Waals surface area contributed by atoms with Gasteiger partial charge in [0.25, 0.3) is 0 Å². The number of halogens is 2. The number of allylic oxidation sites excluding steroid dienone is 2. The Morgan fingerprint density at radius 2 is 1.97 bits per heavy atom. The van der Waals surface area contributed by atoms with Gasteiger partial charge in [0, 0.05) is 38.6 Å². The number of carbonyl (C=O) groups is 1. The van der Waals surface area contributed by atoms with Crippen LogP contribution in [0.15, 0.2) is 53.1 Å². The minimum Gasteiger partial charge on any atom is -0.386 e. The van der Waals surface area contributed by atoms with Crippen LogP contribution in [0.5, 0.6) is 0 Å². The van der Waals surface area contributed by atoms with E-state index >= 15 is 0 Å². The molecule has 5 rings (SSSR count). The molecule has 2 unspecified atom stereocenters. The maximum atomic E-state index is 13.1. The van der Waals surface area contributed by atoms with Crippen molar-refractivity contribution < 1.29 is 4.79 Å². The Labute approximate surface area is 215 Å². The predicted octanol–water partition coefficient (Wildman–Crippen LogP) is 3.51. The van der Waals surface area contributed by atoms with Crippen molar-refractivity contribution in [2.45, 2.75) is 31.2 Å². The molecule has 1 saturated heterocycles. The number of nitrogens with zero attached hydrogens (tertiary/aromatic N) is 3. The summed E-state index contributed by atoms with van der Waals surface area (Å²) >= 11 is 14.7. The number of rotatable bonds is 6. The zero-order chi connectivity index (χ0) is 23.7. The maximum Gasteiger partial charge on any atom is 0.242 e. The third-order valence-electron chi connectivity index (χ3n) is 6.65. The minimum absolute atomic E-state index is 0.103. The van der Waals surface area contributed by atoms with Crippen LogP contribution >= 0.6 is 35.0 Å². The summed E-state index contributed by atoms with van der Waals surface area (Å²) in [6.07, 6.45) is 8.58. The summed E-state index contributed by atoms with van der Waals surface area (Å²) in [5.41, 5.74) is 2.04. The third kappa shape index (κ3) is 4.68. The highest BCUT2D eigenvalue weighted by molar-refractivity contribution is 8.04. The second kappa shape index (κ2) is 10.2. The van der Waals surface area contributed by atoms with Crippen LogP contribution in [-0.4, -0.2) is 66.4 Å². The van der Waals surface area contributed by atoms with Crippen molar-refractivity contribution in [3.05, 3.63) is 63.1 Å². The predicted molar refractivity (Wildman–Crippen MR) is 141 cm³/mol. The number of nitrogens with one attached hydrogen (secondary N) is 3. The SMILES string of the molecule is CCC1=CCC(C2=C(NCC(=O)N3CCN(c4c(Cl)cccc4Cl)CC3)N3C=CNCC3N2)S1. The van der Waals surface area contributed by atoms with Gasteiger partial charge in [0.1, 0.15) is 12.0 Å². The summed E-state index contributed by atoms with van der Waals surface area (Å²) < 4.78 is 0. The number of fused-ring (bicyclic) bond motifs is 1. The number of hydrogen-bond donors (Lipinski definition) is 3. The zero-order valence-corrected chi connectivity index (χ0v) is 21.5. The van der Waals surface area contributed by atoms with Gasteiger partial charge in [0.15, 0.2) is 0 Å². The van der Waals surface area contributed by atoms with Crippen molar-refractivity contribution in [1.29, 1.82) is 0 Å². The molecule has 0 radical (unpaired) electrons. The Kier molecular flexibility index (Phi) is 7.09. The van der Waals surface area contributed by atoms with E-state index in [1.165, 1.54) is 10.6 Å². The van der Waals surface area contributed by atoms with Crippen LogP contribution < -0.4 is 20.9 Å². The van der Waals surface area contributed by atoms with Crippen molar-refractivity contribution >= 4 is 46.6 Å². The van der Waals surface area contributed by atoms with Gasteiger partial charge >= 0.3 is 0 Å². The third-order valence-corrected chi connectivity index (χ3v) is 8.73. The molecule has 4 aliphatic heterocycles. The van der Waals surface area contributed by atoms with Gasteiger partial charge in [-0.1, -0.05) is 42.3 Å². The number of thioether (sulfide) groups is 1. The molecular weight excluding hydrogens is 491 g/mol. The fraction of sp³-hybridized carbons (Fsp3) is 0.458. The first-order valence-electron chi connectivity index (χ1n) is 11.8. The van der Waals surface area contributed by atoms with Gasteiger partial charge < -0.3 is 30.7 Å². The molecular formula is C24H30Cl2N6OS. The lowest BCUT2D eigenvalue weighted by atomic mass is 10.2. The number of benzene rings is 1. The van der Waals surface area contributed by atoms with Gasteiger partial charge in [-0.3, -0.25) is 4.79 Å². The number of piperazine rings is 1. The second-order valence-electron chi connectivity index (χ2n) is 8.71. The highest BCUT2D eigenvalue weighted by Crippen LogP contribution is 2.40. The van der Waals surface area contributed by atoms with E-state index in [1.807, 2.05) is 47.3 Å². The standard InChI is InChI=1S/C24H30Cl2N6OS/c1-2-16-6-7-19(34-16)22-24(32-9-8-27-14-20(32)29-22)28-15-21(33)30-10-12-31(13-11-30)23-17(25)4-3-5-18(23)26/h3-6,8-9,19-20,27-29H,2,7,10-15H2,1H3. The van der Waals surface area contributed by atoms with E-state index in [1.54, 1.807) is 0 Å². The van der Waals surface area contributed by atoms with Crippen LogP contribution in [0.1, 0.15) is 19.8 Å². The lowest BCUT2D eigenvalue weighted by molar-refractivity contribution is -0.130. The Bertz CT molecular complexity index is 1020. The van der Waals surface area contributed by atoms with Gasteiger partial charge in [0.2, 0.25) is 5.91 Å². The van der Waals surface area contributed by atoms with Crippen molar-refractivity contribution in [3.8, 4) is 0 Å². The van der Waals surface area contributed by atoms with Crippen LogP contribution in [0.2, 0.25) is 10.0 Å². The first-order valence-corrected chi connectivity index (χ1v) is 13.4. The number of carbonyl (C=O) groups excluding carboxylic acids is 1. The Morgan fingerprint density at radius 1 is 1.21 bits per heavy atom. The van der Waals surface area contributed by atoms with Crippen molar-refractivity contribution in [1.82, 2.24) is 25.8 Å². The molecule has 7 nitrogen and oxygen atoms in total. The molecule has 0 bridgehead atoms. The first kappa shape index (κ1) is 23.6. The maximum absolute atomic E-state index is 13.1. The summed E-state index contributed by atoms with van der Waals surface area (Å²) in [6, 6.07) is 5.55. The molecule has 4 aliphatic rings. The van der Waals surface area contributed by atoms with Gasteiger partial charge in [0.05, 0.1) is 39.8 Å². The highest BCUT2D eigenvalue weighted by atomic mass is 35.5. The molecule has 10 heteroatoms. The average molecular weight is 522 g/mol. The van der Waals surface area contributed by atoms with Crippen molar-refractivity contribution in [2.75, 3.05) is 44.2 Å². The van der Waals surface area contributed by atoms with E-state index < -0.39 is 0 Å². The number of hydrogen-bond acceptors (Lipinski definition) is 7. The molecule has 1 aromatic carbocycles. The normalized spacial score (nSPS) is 24.1. The molecule has 1 amide bonds. The number of para-hydroxylation sites is 1. The Hall–Kier alpha value is -2.16. The van der Waals surface area contributed by atoms with Gasteiger partial charge in [-0.05, 0) is 29.9 Å². The number of anilines is 1. The van der Waals surface area contributed by atoms with E-state index in [0.29, 0.717) is 41.5 Å². The quantitative estimate of drug-likeness (QED) is 0.530. The van der Waals surface area contributed by atoms with Crippen molar-refractivity contribution in [2.24, 2.45) is 0 Å². The van der Waals surface area contributed by atoms with Crippen molar-refractivity contribution in [3.63, 3.8) is 0 Å². The van der Waals surface area contributed by atoms with Gasteiger partial charge in [-0.25, -0.2) is 0 Å². The Morgan fingerprint density at radius 3 is 2.68 bits per heavy atom. The molecule has 0 spiro atoms. The van der Waals surface area contributed by atoms with Crippen LogP contribution in [0.25, 0.3) is 0 Å². The topological polar surface area (TPSA) is 62.9 Å².